The lowest BCUT2D eigenvalue weighted by molar-refractivity contribution is -0.137. The van der Waals surface area contributed by atoms with Crippen molar-refractivity contribution in [1.82, 2.24) is 0 Å². The third-order valence-electron chi connectivity index (χ3n) is 4.66. The van der Waals surface area contributed by atoms with Crippen LogP contribution in [0, 0.1) is 0 Å². The molecule has 0 fully saturated rings. The Hall–Kier alpha value is -2.68. The molecule has 1 amide bonds. The van der Waals surface area contributed by atoms with E-state index in [1.165, 1.54) is 17.9 Å². The maximum atomic E-state index is 13.3. The summed E-state index contributed by atoms with van der Waals surface area (Å²) in [5.74, 6) is -0.833. The molecule has 3 rings (SSSR count). The van der Waals surface area contributed by atoms with Crippen molar-refractivity contribution in [2.45, 2.75) is 13.1 Å². The number of anilines is 1. The van der Waals surface area contributed by atoms with Crippen LogP contribution in [0.2, 0.25) is 0 Å². The van der Waals surface area contributed by atoms with Crippen molar-refractivity contribution in [3.63, 3.8) is 0 Å². The van der Waals surface area contributed by atoms with Gasteiger partial charge < -0.3 is 4.90 Å². The van der Waals surface area contributed by atoms with Crippen molar-refractivity contribution in [2.24, 2.45) is 4.99 Å². The number of carbonyl (C=O) groups excluding carboxylic acids is 1. The third-order valence-corrected chi connectivity index (χ3v) is 6.34. The first-order valence-electron chi connectivity index (χ1n) is 8.94. The lowest BCUT2D eigenvalue weighted by atomic mass is 9.98. The van der Waals surface area contributed by atoms with Crippen LogP contribution in [0.3, 0.4) is 0 Å². The Morgan fingerprint density at radius 1 is 1.10 bits per heavy atom. The highest BCUT2D eigenvalue weighted by atomic mass is 32.2. The zero-order valence-corrected chi connectivity index (χ0v) is 16.4. The SMILES string of the molecule is CCS(=O)(=O)CCN1C(=O)CN=C(c2ccccc2)c2cc(C(F)(F)F)ccc21. The molecule has 154 valence electrons. The van der Waals surface area contributed by atoms with Crippen LogP contribution in [0.1, 0.15) is 23.6 Å². The summed E-state index contributed by atoms with van der Waals surface area (Å²) in [5.41, 5.74) is 0.334. The molecule has 1 aliphatic heterocycles. The van der Waals surface area contributed by atoms with Crippen molar-refractivity contribution in [1.29, 1.82) is 0 Å². The van der Waals surface area contributed by atoms with E-state index in [1.54, 1.807) is 30.3 Å². The predicted molar refractivity (Wildman–Crippen MR) is 105 cm³/mol. The first-order chi connectivity index (χ1) is 13.6. The summed E-state index contributed by atoms with van der Waals surface area (Å²) in [6.07, 6.45) is -4.57. The number of aliphatic imine (C=N–C) groups is 1. The van der Waals surface area contributed by atoms with Crippen LogP contribution in [-0.4, -0.2) is 44.6 Å². The van der Waals surface area contributed by atoms with Gasteiger partial charge in [-0.25, -0.2) is 8.42 Å². The topological polar surface area (TPSA) is 66.8 Å². The van der Waals surface area contributed by atoms with Gasteiger partial charge in [0.25, 0.3) is 0 Å². The van der Waals surface area contributed by atoms with E-state index in [0.717, 1.165) is 12.1 Å². The summed E-state index contributed by atoms with van der Waals surface area (Å²) >= 11 is 0. The molecule has 0 aromatic heterocycles. The number of nitrogens with zero attached hydrogens (tertiary/aromatic N) is 2. The second-order valence-corrected chi connectivity index (χ2v) is 9.02. The fourth-order valence-corrected chi connectivity index (χ4v) is 3.80. The summed E-state index contributed by atoms with van der Waals surface area (Å²) in [7, 11) is -3.37. The highest BCUT2D eigenvalue weighted by Crippen LogP contribution is 2.35. The standard InChI is InChI=1S/C20H19F3N2O3S/c1-2-29(27,28)11-10-25-17-9-8-15(20(21,22)23)12-16(17)19(24-13-18(25)26)14-6-4-3-5-7-14/h3-9,12H,2,10-11,13H2,1H3. The van der Waals surface area contributed by atoms with E-state index < -0.39 is 27.5 Å². The normalized spacial score (nSPS) is 15.0. The van der Waals surface area contributed by atoms with E-state index in [4.69, 9.17) is 0 Å². The van der Waals surface area contributed by atoms with Crippen molar-refractivity contribution in [3.8, 4) is 0 Å². The fourth-order valence-electron chi connectivity index (χ4n) is 3.05. The molecule has 0 saturated heterocycles. The number of carbonyl (C=O) groups is 1. The van der Waals surface area contributed by atoms with Gasteiger partial charge in [-0.3, -0.25) is 9.79 Å². The quantitative estimate of drug-likeness (QED) is 0.740. The maximum Gasteiger partial charge on any atom is 0.416 e. The summed E-state index contributed by atoms with van der Waals surface area (Å²) in [6, 6.07) is 11.7. The number of sulfone groups is 1. The molecule has 0 aliphatic carbocycles. The lowest BCUT2D eigenvalue weighted by Gasteiger charge is -2.24. The zero-order valence-electron chi connectivity index (χ0n) is 15.6. The van der Waals surface area contributed by atoms with Crippen LogP contribution >= 0.6 is 0 Å². The van der Waals surface area contributed by atoms with Crippen LogP contribution in [0.4, 0.5) is 18.9 Å². The van der Waals surface area contributed by atoms with E-state index in [1.807, 2.05) is 0 Å². The molecule has 1 heterocycles. The fraction of sp³-hybridized carbons (Fsp3) is 0.300. The lowest BCUT2D eigenvalue weighted by Crippen LogP contribution is -2.36. The number of hydrogen-bond acceptors (Lipinski definition) is 4. The number of benzene rings is 2. The Kier molecular flexibility index (Phi) is 5.79. The summed E-state index contributed by atoms with van der Waals surface area (Å²) in [4.78, 5) is 18.1. The number of fused-ring (bicyclic) bond motifs is 1. The van der Waals surface area contributed by atoms with Crippen molar-refractivity contribution >= 4 is 27.1 Å². The van der Waals surface area contributed by atoms with Gasteiger partial charge in [-0.1, -0.05) is 37.3 Å². The van der Waals surface area contributed by atoms with E-state index >= 15 is 0 Å². The Balaban J connectivity index is 2.14. The van der Waals surface area contributed by atoms with Crippen LogP contribution < -0.4 is 4.90 Å². The summed E-state index contributed by atoms with van der Waals surface area (Å²) < 4.78 is 63.7. The Labute approximate surface area is 166 Å². The van der Waals surface area contributed by atoms with E-state index in [2.05, 4.69) is 4.99 Å². The Bertz CT molecular complexity index is 1050. The van der Waals surface area contributed by atoms with Gasteiger partial charge in [0, 0.05) is 23.4 Å². The van der Waals surface area contributed by atoms with Crippen molar-refractivity contribution in [3.05, 3.63) is 65.2 Å². The largest absolute Gasteiger partial charge is 0.416 e. The van der Waals surface area contributed by atoms with Gasteiger partial charge in [0.2, 0.25) is 5.91 Å². The molecule has 1 aliphatic rings. The molecule has 5 nitrogen and oxygen atoms in total. The molecular weight excluding hydrogens is 405 g/mol. The average Bonchev–Trinajstić information content (AvgIpc) is 2.82. The van der Waals surface area contributed by atoms with Gasteiger partial charge in [-0.15, -0.1) is 0 Å². The highest BCUT2D eigenvalue weighted by molar-refractivity contribution is 7.91. The Morgan fingerprint density at radius 3 is 2.41 bits per heavy atom. The smallest absolute Gasteiger partial charge is 0.309 e. The van der Waals surface area contributed by atoms with Gasteiger partial charge in [-0.05, 0) is 18.2 Å². The molecule has 0 saturated carbocycles. The molecular formula is C20H19F3N2O3S. The van der Waals surface area contributed by atoms with E-state index in [-0.39, 0.29) is 41.6 Å². The van der Waals surface area contributed by atoms with Gasteiger partial charge in [0.15, 0.2) is 9.84 Å². The minimum Gasteiger partial charge on any atom is -0.309 e. The molecule has 0 spiro atoms. The number of hydrogen-bond donors (Lipinski definition) is 0. The molecule has 29 heavy (non-hydrogen) atoms. The van der Waals surface area contributed by atoms with Crippen molar-refractivity contribution in [2.75, 3.05) is 29.5 Å². The summed E-state index contributed by atoms with van der Waals surface area (Å²) in [5, 5.41) is 0. The highest BCUT2D eigenvalue weighted by Gasteiger charge is 2.34. The van der Waals surface area contributed by atoms with Crippen LogP contribution in [0.25, 0.3) is 0 Å². The van der Waals surface area contributed by atoms with Gasteiger partial charge >= 0.3 is 6.18 Å². The maximum absolute atomic E-state index is 13.3. The molecule has 0 bridgehead atoms. The van der Waals surface area contributed by atoms with Gasteiger partial charge in [0.05, 0.1) is 22.7 Å². The third kappa shape index (κ3) is 4.67. The Morgan fingerprint density at radius 2 is 1.79 bits per heavy atom. The number of benzodiazepines with no additional fused rings is 1. The number of rotatable bonds is 5. The number of amides is 1. The number of alkyl halides is 3. The zero-order chi connectivity index (χ0) is 21.2. The van der Waals surface area contributed by atoms with Crippen LogP contribution in [0.5, 0.6) is 0 Å². The summed E-state index contributed by atoms with van der Waals surface area (Å²) in [6.45, 7) is 1.07. The molecule has 9 heteroatoms. The molecule has 0 unspecified atom stereocenters. The average molecular weight is 424 g/mol. The molecule has 0 atom stereocenters. The minimum absolute atomic E-state index is 0.0827. The van der Waals surface area contributed by atoms with Gasteiger partial charge in [-0.2, -0.15) is 13.2 Å². The second kappa shape index (κ2) is 7.98. The van der Waals surface area contributed by atoms with Crippen LogP contribution in [-0.2, 0) is 20.8 Å². The van der Waals surface area contributed by atoms with E-state index in [9.17, 15) is 26.4 Å². The first kappa shape index (κ1) is 21.0. The molecule has 0 radical (unpaired) electrons. The molecule has 0 N–H and O–H groups in total. The predicted octanol–water partition coefficient (Wildman–Crippen LogP) is 3.32. The first-order valence-corrected chi connectivity index (χ1v) is 10.8. The molecule has 2 aromatic rings. The van der Waals surface area contributed by atoms with Gasteiger partial charge in [0.1, 0.15) is 6.54 Å². The number of halogens is 3. The van der Waals surface area contributed by atoms with Crippen molar-refractivity contribution < 1.29 is 26.4 Å². The molecule has 2 aromatic carbocycles. The minimum atomic E-state index is -4.57. The van der Waals surface area contributed by atoms with Crippen LogP contribution in [0.15, 0.2) is 53.5 Å². The monoisotopic (exact) mass is 424 g/mol. The second-order valence-electron chi connectivity index (χ2n) is 6.54. The van der Waals surface area contributed by atoms with E-state index in [0.29, 0.717) is 5.56 Å².